The molecule has 2 aromatic heterocycles. The topological polar surface area (TPSA) is 32.0 Å². The highest BCUT2D eigenvalue weighted by Crippen LogP contribution is 2.27. The van der Waals surface area contributed by atoms with E-state index in [2.05, 4.69) is 27.9 Å². The minimum Gasteiger partial charge on any atom is -0.493 e. The van der Waals surface area contributed by atoms with Gasteiger partial charge in [0.1, 0.15) is 16.7 Å². The fourth-order valence-corrected chi connectivity index (χ4v) is 2.48. The lowest BCUT2D eigenvalue weighted by molar-refractivity contribution is 0.344. The second-order valence-electron chi connectivity index (χ2n) is 4.62. The Morgan fingerprint density at radius 1 is 1.30 bits per heavy atom. The molecule has 2 heterocycles. The van der Waals surface area contributed by atoms with Gasteiger partial charge < -0.3 is 13.9 Å². The Morgan fingerprint density at radius 3 is 2.85 bits per heavy atom. The SMILES string of the molecule is CCOc1cccc2c1ccn2Cc1ncc(Cl)n1C. The normalized spacial score (nSPS) is 11.2. The smallest absolute Gasteiger partial charge is 0.129 e. The molecule has 3 aromatic rings. The summed E-state index contributed by atoms with van der Waals surface area (Å²) in [7, 11) is 1.92. The summed E-state index contributed by atoms with van der Waals surface area (Å²) in [5.41, 5.74) is 1.13. The molecule has 0 spiro atoms. The molecule has 0 radical (unpaired) electrons. The van der Waals surface area contributed by atoms with Gasteiger partial charge in [-0.2, -0.15) is 0 Å². The van der Waals surface area contributed by atoms with Crippen LogP contribution in [0.25, 0.3) is 10.9 Å². The van der Waals surface area contributed by atoms with Crippen LogP contribution in [0.2, 0.25) is 5.15 Å². The van der Waals surface area contributed by atoms with Gasteiger partial charge in [-0.1, -0.05) is 17.7 Å². The second-order valence-corrected chi connectivity index (χ2v) is 5.01. The van der Waals surface area contributed by atoms with E-state index in [9.17, 15) is 0 Å². The number of aromatic nitrogens is 3. The predicted octanol–water partition coefficient (Wildman–Crippen LogP) is 3.48. The Morgan fingerprint density at radius 2 is 2.15 bits per heavy atom. The van der Waals surface area contributed by atoms with Crippen LogP contribution >= 0.6 is 11.6 Å². The van der Waals surface area contributed by atoms with Gasteiger partial charge in [-0.25, -0.2) is 4.98 Å². The molecule has 0 saturated carbocycles. The minimum atomic E-state index is 0.645. The lowest BCUT2D eigenvalue weighted by Crippen LogP contribution is -2.05. The first-order valence-electron chi connectivity index (χ1n) is 6.57. The van der Waals surface area contributed by atoms with E-state index < -0.39 is 0 Å². The van der Waals surface area contributed by atoms with Gasteiger partial charge in [0.25, 0.3) is 0 Å². The highest BCUT2D eigenvalue weighted by atomic mass is 35.5. The molecule has 4 nitrogen and oxygen atoms in total. The summed E-state index contributed by atoms with van der Waals surface area (Å²) < 4.78 is 9.69. The molecule has 0 unspecified atom stereocenters. The van der Waals surface area contributed by atoms with E-state index in [1.165, 1.54) is 0 Å². The average Bonchev–Trinajstić information content (AvgIpc) is 2.99. The van der Waals surface area contributed by atoms with Crippen LogP contribution in [0.5, 0.6) is 5.75 Å². The Bertz CT molecular complexity index is 745. The van der Waals surface area contributed by atoms with E-state index in [-0.39, 0.29) is 0 Å². The summed E-state index contributed by atoms with van der Waals surface area (Å²) in [4.78, 5) is 4.33. The molecule has 0 atom stereocenters. The predicted molar refractivity (Wildman–Crippen MR) is 80.4 cm³/mol. The van der Waals surface area contributed by atoms with E-state index in [4.69, 9.17) is 16.3 Å². The molecule has 0 N–H and O–H groups in total. The molecule has 0 saturated heterocycles. The molecule has 1 aromatic carbocycles. The fraction of sp³-hybridized carbons (Fsp3) is 0.267. The lowest BCUT2D eigenvalue weighted by atomic mass is 10.2. The number of halogens is 1. The van der Waals surface area contributed by atoms with Crippen molar-refractivity contribution in [2.45, 2.75) is 13.5 Å². The summed E-state index contributed by atoms with van der Waals surface area (Å²) in [5, 5.41) is 1.76. The second kappa shape index (κ2) is 5.21. The lowest BCUT2D eigenvalue weighted by Gasteiger charge is -2.08. The average molecular weight is 290 g/mol. The molecular weight excluding hydrogens is 274 g/mol. The maximum Gasteiger partial charge on any atom is 0.129 e. The quantitative estimate of drug-likeness (QED) is 0.736. The number of hydrogen-bond acceptors (Lipinski definition) is 2. The summed E-state index contributed by atoms with van der Waals surface area (Å²) >= 11 is 6.03. The van der Waals surface area contributed by atoms with E-state index in [1.807, 2.05) is 30.7 Å². The molecule has 0 amide bonds. The van der Waals surface area contributed by atoms with E-state index >= 15 is 0 Å². The first kappa shape index (κ1) is 13.1. The van der Waals surface area contributed by atoms with Crippen LogP contribution in [-0.4, -0.2) is 20.7 Å². The number of fused-ring (bicyclic) bond motifs is 1. The van der Waals surface area contributed by atoms with Gasteiger partial charge in [0, 0.05) is 18.6 Å². The molecule has 20 heavy (non-hydrogen) atoms. The van der Waals surface area contributed by atoms with Gasteiger partial charge in [-0.15, -0.1) is 0 Å². The van der Waals surface area contributed by atoms with Crippen LogP contribution in [0.3, 0.4) is 0 Å². The summed E-state index contributed by atoms with van der Waals surface area (Å²) in [5.74, 6) is 1.84. The Balaban J connectivity index is 2.00. The third-order valence-electron chi connectivity index (χ3n) is 3.41. The highest BCUT2D eigenvalue weighted by Gasteiger charge is 2.09. The molecule has 0 aliphatic heterocycles. The van der Waals surface area contributed by atoms with Crippen LogP contribution in [0.4, 0.5) is 0 Å². The molecule has 104 valence electrons. The van der Waals surface area contributed by atoms with Gasteiger partial charge >= 0.3 is 0 Å². The third-order valence-corrected chi connectivity index (χ3v) is 3.76. The van der Waals surface area contributed by atoms with Crippen molar-refractivity contribution in [3.63, 3.8) is 0 Å². The molecule has 3 rings (SSSR count). The summed E-state index contributed by atoms with van der Waals surface area (Å²) in [6.45, 7) is 3.34. The fourth-order valence-electron chi connectivity index (χ4n) is 2.34. The van der Waals surface area contributed by atoms with Crippen LogP contribution in [-0.2, 0) is 13.6 Å². The monoisotopic (exact) mass is 289 g/mol. The zero-order chi connectivity index (χ0) is 14.1. The number of nitrogens with zero attached hydrogens (tertiary/aromatic N) is 3. The van der Waals surface area contributed by atoms with E-state index in [0.29, 0.717) is 18.3 Å². The minimum absolute atomic E-state index is 0.645. The maximum atomic E-state index is 6.03. The summed E-state index contributed by atoms with van der Waals surface area (Å²) in [6, 6.07) is 8.16. The molecule has 0 bridgehead atoms. The van der Waals surface area contributed by atoms with Gasteiger partial charge in [0.15, 0.2) is 0 Å². The van der Waals surface area contributed by atoms with Gasteiger partial charge in [0.2, 0.25) is 0 Å². The van der Waals surface area contributed by atoms with Crippen LogP contribution < -0.4 is 4.74 Å². The van der Waals surface area contributed by atoms with Crippen molar-refractivity contribution in [2.75, 3.05) is 6.61 Å². The number of imidazole rings is 1. The van der Waals surface area contributed by atoms with Crippen LogP contribution in [0.15, 0.2) is 36.7 Å². The van der Waals surface area contributed by atoms with E-state index in [1.54, 1.807) is 6.20 Å². The molecule has 0 fully saturated rings. The van der Waals surface area contributed by atoms with Gasteiger partial charge in [0.05, 0.1) is 24.9 Å². The molecular formula is C15H16ClN3O. The largest absolute Gasteiger partial charge is 0.493 e. The van der Waals surface area contributed by atoms with Gasteiger partial charge in [-0.3, -0.25) is 0 Å². The van der Waals surface area contributed by atoms with Crippen molar-refractivity contribution in [3.05, 3.63) is 47.6 Å². The zero-order valence-electron chi connectivity index (χ0n) is 11.5. The number of benzene rings is 1. The van der Waals surface area contributed by atoms with Crippen LogP contribution in [0, 0.1) is 0 Å². The van der Waals surface area contributed by atoms with Crippen molar-refractivity contribution in [1.82, 2.24) is 14.1 Å². The molecule has 0 aliphatic carbocycles. The first-order valence-corrected chi connectivity index (χ1v) is 6.95. The Hall–Kier alpha value is -1.94. The van der Waals surface area contributed by atoms with Gasteiger partial charge in [-0.05, 0) is 25.1 Å². The first-order chi connectivity index (χ1) is 9.70. The standard InChI is InChI=1S/C15H16ClN3O/c1-3-20-13-6-4-5-12-11(13)7-8-19(12)10-15-17-9-14(16)18(15)2/h4-9H,3,10H2,1-2H3. The van der Waals surface area contributed by atoms with E-state index in [0.717, 1.165) is 22.5 Å². The Kier molecular flexibility index (Phi) is 3.40. The van der Waals surface area contributed by atoms with Crippen LogP contribution in [0.1, 0.15) is 12.7 Å². The summed E-state index contributed by atoms with van der Waals surface area (Å²) in [6.07, 6.45) is 3.73. The number of hydrogen-bond donors (Lipinski definition) is 0. The number of ether oxygens (including phenoxy) is 1. The van der Waals surface area contributed by atoms with Crippen molar-refractivity contribution in [1.29, 1.82) is 0 Å². The zero-order valence-corrected chi connectivity index (χ0v) is 12.3. The van der Waals surface area contributed by atoms with Crippen molar-refractivity contribution in [2.24, 2.45) is 7.05 Å². The van der Waals surface area contributed by atoms with Crippen molar-refractivity contribution in [3.8, 4) is 5.75 Å². The van der Waals surface area contributed by atoms with Crippen molar-refractivity contribution >= 4 is 22.5 Å². The van der Waals surface area contributed by atoms with Crippen molar-refractivity contribution < 1.29 is 4.74 Å². The number of rotatable bonds is 4. The third kappa shape index (κ3) is 2.16. The Labute approximate surface area is 122 Å². The molecule has 0 aliphatic rings. The maximum absolute atomic E-state index is 6.03. The highest BCUT2D eigenvalue weighted by molar-refractivity contribution is 6.29. The molecule has 5 heteroatoms.